The van der Waals surface area contributed by atoms with E-state index in [-0.39, 0.29) is 18.9 Å². The third-order valence-corrected chi connectivity index (χ3v) is 1.81. The Balaban J connectivity index is 3.18. The van der Waals surface area contributed by atoms with E-state index in [0.717, 1.165) is 0 Å². The Hall–Kier alpha value is -0.690. The van der Waals surface area contributed by atoms with Crippen LogP contribution in [0.4, 0.5) is 0 Å². The second kappa shape index (κ2) is 10.8. The molecule has 0 bridgehead atoms. The number of hydrogen-bond donors (Lipinski definition) is 3. The number of aliphatic hydroxyl groups excluding tert-OH is 1. The van der Waals surface area contributed by atoms with Crippen LogP contribution in [-0.4, -0.2) is 56.6 Å². The van der Waals surface area contributed by atoms with Crippen LogP contribution >= 0.6 is 0 Å². The first-order valence-electron chi connectivity index (χ1n) is 5.49. The molecule has 6 heteroatoms. The zero-order valence-corrected chi connectivity index (χ0v) is 9.78. The van der Waals surface area contributed by atoms with Crippen LogP contribution in [-0.2, 0) is 14.3 Å². The fourth-order valence-corrected chi connectivity index (χ4v) is 1.02. The number of carbonyl (C=O) groups is 1. The lowest BCUT2D eigenvalue weighted by Gasteiger charge is -2.11. The minimum atomic E-state index is -0.575. The summed E-state index contributed by atoms with van der Waals surface area (Å²) < 4.78 is 10.2. The van der Waals surface area contributed by atoms with Crippen molar-refractivity contribution in [3.8, 4) is 0 Å². The van der Waals surface area contributed by atoms with Crippen LogP contribution in [0, 0.1) is 0 Å². The highest BCUT2D eigenvalue weighted by molar-refractivity contribution is 5.73. The van der Waals surface area contributed by atoms with Gasteiger partial charge in [-0.15, -0.1) is 0 Å². The van der Waals surface area contributed by atoms with Crippen LogP contribution in [0.25, 0.3) is 0 Å². The molecule has 0 heterocycles. The predicted molar refractivity (Wildman–Crippen MR) is 60.0 cm³/mol. The maximum atomic E-state index is 10.4. The maximum Gasteiger partial charge on any atom is 0.218 e. The summed E-state index contributed by atoms with van der Waals surface area (Å²) in [5, 5.41) is 12.3. The van der Waals surface area contributed by atoms with E-state index < -0.39 is 6.10 Å². The molecule has 0 fully saturated rings. The molecule has 1 atom stereocenters. The Morgan fingerprint density at radius 1 is 1.44 bits per heavy atom. The Kier molecular flexibility index (Phi) is 10.3. The first-order valence-corrected chi connectivity index (χ1v) is 5.49. The summed E-state index contributed by atoms with van der Waals surface area (Å²) in [6.07, 6.45) is -0.299. The highest BCUT2D eigenvalue weighted by Crippen LogP contribution is 1.85. The van der Waals surface area contributed by atoms with Gasteiger partial charge in [-0.3, -0.25) is 4.79 Å². The number of nitrogens with one attached hydrogen (secondary N) is 1. The van der Waals surface area contributed by atoms with Gasteiger partial charge in [-0.1, -0.05) is 0 Å². The van der Waals surface area contributed by atoms with Crippen molar-refractivity contribution in [3.05, 3.63) is 0 Å². The molecule has 0 aromatic heterocycles. The van der Waals surface area contributed by atoms with Gasteiger partial charge in [0.1, 0.15) is 0 Å². The van der Waals surface area contributed by atoms with E-state index in [0.29, 0.717) is 32.9 Å². The number of amides is 1. The molecule has 0 aromatic carbocycles. The van der Waals surface area contributed by atoms with Gasteiger partial charge in [-0.2, -0.15) is 0 Å². The van der Waals surface area contributed by atoms with Crippen molar-refractivity contribution in [2.45, 2.75) is 19.4 Å². The fourth-order valence-electron chi connectivity index (χ4n) is 1.02. The normalized spacial score (nSPS) is 12.6. The van der Waals surface area contributed by atoms with Gasteiger partial charge in [0.05, 0.1) is 25.9 Å². The topological polar surface area (TPSA) is 93.8 Å². The van der Waals surface area contributed by atoms with Gasteiger partial charge in [0, 0.05) is 26.1 Å². The Morgan fingerprint density at radius 2 is 2.12 bits per heavy atom. The molecule has 1 unspecified atom stereocenters. The van der Waals surface area contributed by atoms with Gasteiger partial charge in [0.25, 0.3) is 0 Å². The molecule has 0 aliphatic rings. The number of ether oxygens (including phenoxy) is 2. The summed E-state index contributed by atoms with van der Waals surface area (Å²) in [5.74, 6) is -0.352. The minimum absolute atomic E-state index is 0.261. The van der Waals surface area contributed by atoms with Crippen molar-refractivity contribution in [1.29, 1.82) is 0 Å². The molecule has 0 radical (unpaired) electrons. The second-order valence-electron chi connectivity index (χ2n) is 3.35. The standard InChI is InChI=1S/C10H22N2O4/c1-2-15-5-6-16-8-9(13)7-12-4-3-10(11)14/h9,12-13H,2-8H2,1H3,(H2,11,14). The Labute approximate surface area is 96.1 Å². The lowest BCUT2D eigenvalue weighted by molar-refractivity contribution is -0.117. The molecule has 0 saturated heterocycles. The summed E-state index contributed by atoms with van der Waals surface area (Å²) >= 11 is 0. The van der Waals surface area contributed by atoms with E-state index in [4.69, 9.17) is 15.2 Å². The number of nitrogens with two attached hydrogens (primary N) is 1. The zero-order valence-electron chi connectivity index (χ0n) is 9.78. The van der Waals surface area contributed by atoms with E-state index in [9.17, 15) is 9.90 Å². The maximum absolute atomic E-state index is 10.4. The molecule has 4 N–H and O–H groups in total. The third-order valence-electron chi connectivity index (χ3n) is 1.81. The van der Waals surface area contributed by atoms with Crippen molar-refractivity contribution in [1.82, 2.24) is 5.32 Å². The molecule has 0 saturated carbocycles. The first-order chi connectivity index (χ1) is 7.66. The van der Waals surface area contributed by atoms with Crippen LogP contribution in [0.1, 0.15) is 13.3 Å². The summed E-state index contributed by atoms with van der Waals surface area (Å²) in [6, 6.07) is 0. The molecule has 96 valence electrons. The molecule has 0 rings (SSSR count). The molecule has 6 nitrogen and oxygen atoms in total. The summed E-state index contributed by atoms with van der Waals surface area (Å²) in [4.78, 5) is 10.4. The zero-order chi connectivity index (χ0) is 12.2. The van der Waals surface area contributed by atoms with Crippen molar-refractivity contribution in [3.63, 3.8) is 0 Å². The molecule has 0 aliphatic heterocycles. The lowest BCUT2D eigenvalue weighted by atomic mass is 10.3. The molecule has 0 aliphatic carbocycles. The van der Waals surface area contributed by atoms with E-state index in [1.807, 2.05) is 6.92 Å². The van der Waals surface area contributed by atoms with Gasteiger partial charge in [-0.25, -0.2) is 0 Å². The largest absolute Gasteiger partial charge is 0.389 e. The summed E-state index contributed by atoms with van der Waals surface area (Å²) in [7, 11) is 0. The average molecular weight is 234 g/mol. The summed E-state index contributed by atoms with van der Waals surface area (Å²) in [6.45, 7) is 4.73. The molecule has 1 amide bonds. The number of aliphatic hydroxyl groups is 1. The van der Waals surface area contributed by atoms with E-state index in [1.54, 1.807) is 0 Å². The second-order valence-corrected chi connectivity index (χ2v) is 3.35. The van der Waals surface area contributed by atoms with Crippen molar-refractivity contribution < 1.29 is 19.4 Å². The summed E-state index contributed by atoms with van der Waals surface area (Å²) in [5.41, 5.74) is 4.96. The molecular weight excluding hydrogens is 212 g/mol. The first kappa shape index (κ1) is 15.3. The van der Waals surface area contributed by atoms with Gasteiger partial charge in [0.2, 0.25) is 5.91 Å². The monoisotopic (exact) mass is 234 g/mol. The van der Waals surface area contributed by atoms with Crippen LogP contribution in [0.3, 0.4) is 0 Å². The number of rotatable bonds is 11. The quantitative estimate of drug-likeness (QED) is 0.393. The lowest BCUT2D eigenvalue weighted by Crippen LogP contribution is -2.32. The SMILES string of the molecule is CCOCCOCC(O)CNCCC(N)=O. The molecular formula is C10H22N2O4. The van der Waals surface area contributed by atoms with Crippen LogP contribution in [0.15, 0.2) is 0 Å². The van der Waals surface area contributed by atoms with Crippen LogP contribution in [0.5, 0.6) is 0 Å². The number of primary amides is 1. The average Bonchev–Trinajstić information content (AvgIpc) is 2.24. The van der Waals surface area contributed by atoms with Gasteiger partial charge in [-0.05, 0) is 6.92 Å². The number of hydrogen-bond acceptors (Lipinski definition) is 5. The van der Waals surface area contributed by atoms with E-state index >= 15 is 0 Å². The highest BCUT2D eigenvalue weighted by atomic mass is 16.5. The third kappa shape index (κ3) is 11.4. The van der Waals surface area contributed by atoms with E-state index in [2.05, 4.69) is 5.32 Å². The van der Waals surface area contributed by atoms with Gasteiger partial charge in [0.15, 0.2) is 0 Å². The molecule has 0 spiro atoms. The fraction of sp³-hybridized carbons (Fsp3) is 0.900. The minimum Gasteiger partial charge on any atom is -0.389 e. The van der Waals surface area contributed by atoms with Gasteiger partial charge < -0.3 is 25.6 Å². The molecule has 16 heavy (non-hydrogen) atoms. The van der Waals surface area contributed by atoms with Crippen molar-refractivity contribution in [2.75, 3.05) is 39.5 Å². The highest BCUT2D eigenvalue weighted by Gasteiger charge is 2.03. The Morgan fingerprint density at radius 3 is 2.75 bits per heavy atom. The van der Waals surface area contributed by atoms with Crippen LogP contribution in [0.2, 0.25) is 0 Å². The number of carbonyl (C=O) groups excluding carboxylic acids is 1. The van der Waals surface area contributed by atoms with Crippen molar-refractivity contribution in [2.24, 2.45) is 5.73 Å². The van der Waals surface area contributed by atoms with Gasteiger partial charge >= 0.3 is 0 Å². The van der Waals surface area contributed by atoms with Crippen molar-refractivity contribution >= 4 is 5.91 Å². The van der Waals surface area contributed by atoms with Crippen LogP contribution < -0.4 is 11.1 Å². The smallest absolute Gasteiger partial charge is 0.218 e. The predicted octanol–water partition coefficient (Wildman–Crippen LogP) is -1.13. The molecule has 0 aromatic rings. The Bertz CT molecular complexity index is 178. The van der Waals surface area contributed by atoms with E-state index in [1.165, 1.54) is 0 Å².